The van der Waals surface area contributed by atoms with E-state index in [9.17, 15) is 9.59 Å². The molecule has 0 saturated heterocycles. The number of carbonyl (C=O) groups is 2. The Labute approximate surface area is 85.3 Å². The Bertz CT molecular complexity index is 244. The number of hydrogen-bond acceptors (Lipinski definition) is 3. The maximum Gasteiger partial charge on any atom is 0.322 e. The second kappa shape index (κ2) is 4.12. The van der Waals surface area contributed by atoms with Gasteiger partial charge in [0.2, 0.25) is 0 Å². The number of methoxy groups -OCH3 is 1. The zero-order valence-electron chi connectivity index (χ0n) is 9.38. The van der Waals surface area contributed by atoms with Crippen molar-refractivity contribution in [2.45, 2.75) is 32.6 Å². The molecule has 0 heterocycles. The maximum absolute atomic E-state index is 11.4. The van der Waals surface area contributed by atoms with E-state index in [-0.39, 0.29) is 0 Å². The monoisotopic (exact) mass is 218 g/mol. The van der Waals surface area contributed by atoms with Crippen LogP contribution in [0.15, 0.2) is 0 Å². The van der Waals surface area contributed by atoms with Crippen LogP contribution in [0.1, 0.15) is 6.92 Å². The van der Waals surface area contributed by atoms with E-state index in [1.54, 1.807) is 0 Å². The van der Waals surface area contributed by atoms with Gasteiger partial charge in [0.25, 0.3) is 0 Å². The summed E-state index contributed by atoms with van der Waals surface area (Å²) in [4.78, 5) is 22.4. The van der Waals surface area contributed by atoms with Crippen molar-refractivity contribution in [2.24, 2.45) is 5.41 Å². The van der Waals surface area contributed by atoms with Gasteiger partial charge in [0, 0.05) is 8.07 Å². The number of esters is 1. The van der Waals surface area contributed by atoms with E-state index in [0.717, 1.165) is 0 Å². The largest absolute Gasteiger partial charge is 0.480 e. The lowest BCUT2D eigenvalue weighted by Gasteiger charge is -2.28. The molecule has 0 amide bonds. The molecule has 4 nitrogen and oxygen atoms in total. The smallest absolute Gasteiger partial charge is 0.322 e. The standard InChI is InChI=1S/C9H18O4Si/c1-9(7(10)11,8(12)13-2)6-14(3,4)5/h6H2,1-5H3,(H,10,11). The Balaban J connectivity index is 4.93. The molecule has 0 aromatic rings. The van der Waals surface area contributed by atoms with Crippen molar-refractivity contribution in [3.63, 3.8) is 0 Å². The summed E-state index contributed by atoms with van der Waals surface area (Å²) in [6, 6.07) is 0.391. The molecule has 1 N–H and O–H groups in total. The summed E-state index contributed by atoms with van der Waals surface area (Å²) in [6.07, 6.45) is 0. The van der Waals surface area contributed by atoms with Crippen LogP contribution in [0.3, 0.4) is 0 Å². The van der Waals surface area contributed by atoms with Crippen molar-refractivity contribution in [2.75, 3.05) is 7.11 Å². The molecule has 0 aromatic heterocycles. The molecule has 0 aromatic carbocycles. The van der Waals surface area contributed by atoms with Crippen molar-refractivity contribution in [3.05, 3.63) is 0 Å². The Morgan fingerprint density at radius 2 is 1.79 bits per heavy atom. The summed E-state index contributed by atoms with van der Waals surface area (Å²) in [5, 5.41) is 9.02. The molecule has 1 atom stereocenters. The van der Waals surface area contributed by atoms with Gasteiger partial charge in [-0.2, -0.15) is 0 Å². The fraction of sp³-hybridized carbons (Fsp3) is 0.778. The van der Waals surface area contributed by atoms with E-state index >= 15 is 0 Å². The summed E-state index contributed by atoms with van der Waals surface area (Å²) in [5.41, 5.74) is -1.39. The summed E-state index contributed by atoms with van der Waals surface area (Å²) < 4.78 is 4.53. The average molecular weight is 218 g/mol. The van der Waals surface area contributed by atoms with Crippen molar-refractivity contribution in [1.82, 2.24) is 0 Å². The van der Waals surface area contributed by atoms with Crippen LogP contribution >= 0.6 is 0 Å². The predicted molar refractivity (Wildman–Crippen MR) is 55.9 cm³/mol. The maximum atomic E-state index is 11.4. The molecule has 0 radical (unpaired) electrons. The molecule has 0 aliphatic rings. The summed E-state index contributed by atoms with van der Waals surface area (Å²) in [5.74, 6) is -1.76. The first-order valence-electron chi connectivity index (χ1n) is 4.45. The molecule has 82 valence electrons. The van der Waals surface area contributed by atoms with Crippen LogP contribution in [-0.2, 0) is 14.3 Å². The first-order valence-corrected chi connectivity index (χ1v) is 8.16. The lowest BCUT2D eigenvalue weighted by Crippen LogP contribution is -2.43. The minimum atomic E-state index is -1.62. The van der Waals surface area contributed by atoms with Crippen LogP contribution in [0.25, 0.3) is 0 Å². The normalized spacial score (nSPS) is 15.8. The highest BCUT2D eigenvalue weighted by Gasteiger charge is 2.45. The molecule has 14 heavy (non-hydrogen) atoms. The van der Waals surface area contributed by atoms with Crippen molar-refractivity contribution in [1.29, 1.82) is 0 Å². The van der Waals surface area contributed by atoms with Crippen LogP contribution in [0.5, 0.6) is 0 Å². The molecule has 1 unspecified atom stereocenters. The molecule has 0 bridgehead atoms. The second-order valence-electron chi connectivity index (χ2n) is 4.87. The topological polar surface area (TPSA) is 63.6 Å². The van der Waals surface area contributed by atoms with Crippen LogP contribution in [0.4, 0.5) is 0 Å². The van der Waals surface area contributed by atoms with Gasteiger partial charge in [0.15, 0.2) is 5.41 Å². The number of carboxylic acid groups (broad SMARTS) is 1. The first-order chi connectivity index (χ1) is 6.13. The highest BCUT2D eigenvalue weighted by molar-refractivity contribution is 6.76. The zero-order chi connectivity index (χ0) is 11.6. The number of carbonyl (C=O) groups excluding carboxylic acids is 1. The SMILES string of the molecule is COC(=O)C(C)(C[Si](C)(C)C)C(=O)O. The van der Waals surface area contributed by atoms with Gasteiger partial charge in [-0.3, -0.25) is 9.59 Å². The lowest BCUT2D eigenvalue weighted by atomic mass is 9.94. The summed E-state index contributed by atoms with van der Waals surface area (Å²) in [7, 11) is -0.400. The second-order valence-corrected chi connectivity index (χ2v) is 10.3. The molecule has 0 spiro atoms. The first kappa shape index (κ1) is 13.2. The van der Waals surface area contributed by atoms with Gasteiger partial charge in [-0.15, -0.1) is 0 Å². The average Bonchev–Trinajstić information content (AvgIpc) is 1.99. The lowest BCUT2D eigenvalue weighted by molar-refractivity contribution is -0.164. The number of ether oxygens (including phenoxy) is 1. The molecule has 0 aliphatic carbocycles. The third-order valence-corrected chi connectivity index (χ3v) is 3.76. The number of rotatable bonds is 4. The van der Waals surface area contributed by atoms with E-state index in [2.05, 4.69) is 4.74 Å². The molecule has 5 heteroatoms. The Kier molecular flexibility index (Phi) is 3.88. The molecule has 0 rings (SSSR count). The Morgan fingerprint density at radius 3 is 2.00 bits per heavy atom. The van der Waals surface area contributed by atoms with Crippen LogP contribution in [-0.4, -0.2) is 32.2 Å². The molecular weight excluding hydrogens is 200 g/mol. The quantitative estimate of drug-likeness (QED) is 0.442. The Hall–Kier alpha value is -0.843. The highest BCUT2D eigenvalue weighted by Crippen LogP contribution is 2.30. The number of aliphatic carboxylic acids is 1. The third-order valence-electron chi connectivity index (χ3n) is 1.99. The zero-order valence-corrected chi connectivity index (χ0v) is 10.4. The van der Waals surface area contributed by atoms with Crippen molar-refractivity contribution < 1.29 is 19.4 Å². The number of hydrogen-bond donors (Lipinski definition) is 1. The number of carboxylic acids is 1. The minimum absolute atomic E-state index is 0.391. The third kappa shape index (κ3) is 3.14. The van der Waals surface area contributed by atoms with E-state index in [1.807, 2.05) is 19.6 Å². The van der Waals surface area contributed by atoms with E-state index < -0.39 is 25.4 Å². The molecule has 0 aliphatic heterocycles. The fourth-order valence-corrected chi connectivity index (χ4v) is 3.94. The van der Waals surface area contributed by atoms with Gasteiger partial charge in [0.05, 0.1) is 7.11 Å². The van der Waals surface area contributed by atoms with E-state index in [0.29, 0.717) is 6.04 Å². The van der Waals surface area contributed by atoms with Gasteiger partial charge >= 0.3 is 11.9 Å². The van der Waals surface area contributed by atoms with Crippen LogP contribution in [0, 0.1) is 5.41 Å². The Morgan fingerprint density at radius 1 is 1.36 bits per heavy atom. The highest BCUT2D eigenvalue weighted by atomic mass is 28.3. The van der Waals surface area contributed by atoms with Gasteiger partial charge in [-0.1, -0.05) is 19.6 Å². The molecular formula is C9H18O4Si. The minimum Gasteiger partial charge on any atom is -0.480 e. The van der Waals surface area contributed by atoms with Crippen molar-refractivity contribution in [3.8, 4) is 0 Å². The molecule has 0 fully saturated rings. The van der Waals surface area contributed by atoms with Gasteiger partial charge in [0.1, 0.15) is 0 Å². The van der Waals surface area contributed by atoms with E-state index in [1.165, 1.54) is 14.0 Å². The predicted octanol–water partition coefficient (Wildman–Crippen LogP) is 1.59. The summed E-state index contributed by atoms with van der Waals surface area (Å²) >= 11 is 0. The van der Waals surface area contributed by atoms with Gasteiger partial charge in [-0.05, 0) is 13.0 Å². The van der Waals surface area contributed by atoms with Crippen LogP contribution < -0.4 is 0 Å². The van der Waals surface area contributed by atoms with Gasteiger partial charge < -0.3 is 9.84 Å². The summed E-state index contributed by atoms with van der Waals surface area (Å²) in [6.45, 7) is 7.50. The fourth-order valence-electron chi connectivity index (χ4n) is 1.52. The molecule has 0 saturated carbocycles. The van der Waals surface area contributed by atoms with Crippen LogP contribution in [0.2, 0.25) is 25.7 Å². The van der Waals surface area contributed by atoms with E-state index in [4.69, 9.17) is 5.11 Å². The van der Waals surface area contributed by atoms with Gasteiger partial charge in [-0.25, -0.2) is 0 Å². The van der Waals surface area contributed by atoms with Crippen molar-refractivity contribution >= 4 is 20.0 Å².